The highest BCUT2D eigenvalue weighted by Gasteiger charge is 2.34. The molecule has 0 radical (unpaired) electrons. The Morgan fingerprint density at radius 3 is 2.93 bits per heavy atom. The Bertz CT molecular complexity index is 316. The first-order valence-corrected chi connectivity index (χ1v) is 5.43. The molecule has 1 aromatic heterocycles. The Kier molecular flexibility index (Phi) is 2.59. The summed E-state index contributed by atoms with van der Waals surface area (Å²) in [4.78, 5) is 0. The van der Waals surface area contributed by atoms with E-state index in [2.05, 4.69) is 30.5 Å². The van der Waals surface area contributed by atoms with Gasteiger partial charge in [0.1, 0.15) is 0 Å². The first kappa shape index (κ1) is 9.71. The van der Waals surface area contributed by atoms with E-state index in [1.807, 2.05) is 11.7 Å². The molecule has 3 nitrogen and oxygen atoms in total. The highest BCUT2D eigenvalue weighted by molar-refractivity contribution is 5.15. The summed E-state index contributed by atoms with van der Waals surface area (Å²) in [6, 6.07) is 0.764. The predicted octanol–water partition coefficient (Wildman–Crippen LogP) is 1.62. The summed E-state index contributed by atoms with van der Waals surface area (Å²) in [5.74, 6) is 0.923. The predicted molar refractivity (Wildman–Crippen MR) is 57.0 cm³/mol. The molecule has 0 bridgehead atoms. The lowest BCUT2D eigenvalue weighted by Gasteiger charge is -2.01. The highest BCUT2D eigenvalue weighted by atomic mass is 15.3. The Labute approximate surface area is 85.5 Å². The van der Waals surface area contributed by atoms with Crippen LogP contribution in [0.2, 0.25) is 0 Å². The van der Waals surface area contributed by atoms with Gasteiger partial charge in [0.15, 0.2) is 0 Å². The van der Waals surface area contributed by atoms with Crippen LogP contribution in [-0.2, 0) is 13.6 Å². The molecule has 1 aliphatic rings. The van der Waals surface area contributed by atoms with Crippen molar-refractivity contribution in [2.24, 2.45) is 13.0 Å². The number of nitrogens with zero attached hydrogens (tertiary/aromatic N) is 2. The summed E-state index contributed by atoms with van der Waals surface area (Å²) in [5.41, 5.74) is 2.47. The lowest BCUT2D eigenvalue weighted by molar-refractivity contribution is 0.622. The SMILES string of the molecule is CCC1CC1NCc1cn(C)nc1C. The van der Waals surface area contributed by atoms with E-state index in [9.17, 15) is 0 Å². The van der Waals surface area contributed by atoms with Gasteiger partial charge in [-0.2, -0.15) is 5.10 Å². The van der Waals surface area contributed by atoms with Gasteiger partial charge in [0.05, 0.1) is 5.69 Å². The summed E-state index contributed by atoms with van der Waals surface area (Å²) >= 11 is 0. The van der Waals surface area contributed by atoms with Crippen LogP contribution in [0.25, 0.3) is 0 Å². The van der Waals surface area contributed by atoms with E-state index in [-0.39, 0.29) is 0 Å². The smallest absolute Gasteiger partial charge is 0.0638 e. The van der Waals surface area contributed by atoms with E-state index in [0.29, 0.717) is 0 Å². The Morgan fingerprint density at radius 1 is 1.64 bits per heavy atom. The van der Waals surface area contributed by atoms with Crippen molar-refractivity contribution < 1.29 is 0 Å². The lowest BCUT2D eigenvalue weighted by Crippen LogP contribution is -2.17. The van der Waals surface area contributed by atoms with Crippen LogP contribution in [0.3, 0.4) is 0 Å². The molecule has 1 aliphatic carbocycles. The number of nitrogens with one attached hydrogen (secondary N) is 1. The monoisotopic (exact) mass is 193 g/mol. The fourth-order valence-corrected chi connectivity index (χ4v) is 2.01. The molecule has 0 aliphatic heterocycles. The number of aryl methyl sites for hydroxylation is 2. The minimum atomic E-state index is 0.764. The van der Waals surface area contributed by atoms with Crippen LogP contribution in [0.15, 0.2) is 6.20 Å². The summed E-state index contributed by atoms with van der Waals surface area (Å²) in [6.07, 6.45) is 4.77. The van der Waals surface area contributed by atoms with Crippen molar-refractivity contribution in [3.05, 3.63) is 17.5 Å². The van der Waals surface area contributed by atoms with Crippen molar-refractivity contribution in [2.75, 3.05) is 0 Å². The van der Waals surface area contributed by atoms with Gasteiger partial charge < -0.3 is 5.32 Å². The van der Waals surface area contributed by atoms with Gasteiger partial charge in [-0.1, -0.05) is 13.3 Å². The minimum Gasteiger partial charge on any atom is -0.310 e. The first-order chi connectivity index (χ1) is 6.70. The normalized spacial score (nSPS) is 25.4. The molecule has 3 heteroatoms. The van der Waals surface area contributed by atoms with E-state index in [1.54, 1.807) is 0 Å². The zero-order valence-corrected chi connectivity index (χ0v) is 9.25. The topological polar surface area (TPSA) is 29.9 Å². The molecule has 1 aromatic rings. The number of hydrogen-bond donors (Lipinski definition) is 1. The summed E-state index contributed by atoms with van der Waals surface area (Å²) < 4.78 is 1.89. The van der Waals surface area contributed by atoms with Gasteiger partial charge in [-0.25, -0.2) is 0 Å². The van der Waals surface area contributed by atoms with Crippen molar-refractivity contribution in [3.8, 4) is 0 Å². The molecular weight excluding hydrogens is 174 g/mol. The van der Waals surface area contributed by atoms with Crippen LogP contribution >= 0.6 is 0 Å². The van der Waals surface area contributed by atoms with E-state index in [0.717, 1.165) is 24.2 Å². The molecule has 78 valence electrons. The Hall–Kier alpha value is -0.830. The molecule has 1 saturated carbocycles. The van der Waals surface area contributed by atoms with Gasteiger partial charge in [-0.05, 0) is 19.3 Å². The van der Waals surface area contributed by atoms with Crippen molar-refractivity contribution in [2.45, 2.75) is 39.3 Å². The van der Waals surface area contributed by atoms with E-state index in [4.69, 9.17) is 0 Å². The molecule has 2 unspecified atom stereocenters. The average molecular weight is 193 g/mol. The quantitative estimate of drug-likeness (QED) is 0.787. The van der Waals surface area contributed by atoms with Crippen molar-refractivity contribution in [3.63, 3.8) is 0 Å². The molecule has 2 rings (SSSR count). The number of rotatable bonds is 4. The maximum atomic E-state index is 4.33. The summed E-state index contributed by atoms with van der Waals surface area (Å²) in [5, 5.41) is 7.90. The maximum Gasteiger partial charge on any atom is 0.0638 e. The van der Waals surface area contributed by atoms with Gasteiger partial charge in [0.25, 0.3) is 0 Å². The summed E-state index contributed by atoms with van der Waals surface area (Å²) in [6.45, 7) is 5.31. The molecule has 0 spiro atoms. The molecule has 0 saturated heterocycles. The van der Waals surface area contributed by atoms with Crippen molar-refractivity contribution in [1.82, 2.24) is 15.1 Å². The van der Waals surface area contributed by atoms with Gasteiger partial charge in [0.2, 0.25) is 0 Å². The number of aromatic nitrogens is 2. The Balaban J connectivity index is 1.84. The van der Waals surface area contributed by atoms with Crippen LogP contribution in [-0.4, -0.2) is 15.8 Å². The minimum absolute atomic E-state index is 0.764. The van der Waals surface area contributed by atoms with Crippen LogP contribution in [0.4, 0.5) is 0 Å². The van der Waals surface area contributed by atoms with Gasteiger partial charge in [0, 0.05) is 31.4 Å². The van der Waals surface area contributed by atoms with Crippen LogP contribution in [0.5, 0.6) is 0 Å². The van der Waals surface area contributed by atoms with E-state index in [1.165, 1.54) is 18.4 Å². The molecule has 0 amide bonds. The van der Waals surface area contributed by atoms with Crippen LogP contribution < -0.4 is 5.32 Å². The van der Waals surface area contributed by atoms with E-state index >= 15 is 0 Å². The molecule has 1 heterocycles. The van der Waals surface area contributed by atoms with Crippen LogP contribution in [0.1, 0.15) is 31.0 Å². The third-order valence-electron chi connectivity index (χ3n) is 3.12. The second kappa shape index (κ2) is 3.73. The van der Waals surface area contributed by atoms with E-state index < -0.39 is 0 Å². The highest BCUT2D eigenvalue weighted by Crippen LogP contribution is 2.33. The van der Waals surface area contributed by atoms with Gasteiger partial charge in [-0.3, -0.25) is 4.68 Å². The maximum absolute atomic E-state index is 4.33. The zero-order valence-electron chi connectivity index (χ0n) is 9.25. The fraction of sp³-hybridized carbons (Fsp3) is 0.727. The fourth-order valence-electron chi connectivity index (χ4n) is 2.01. The standard InChI is InChI=1S/C11H19N3/c1-4-9-5-11(9)12-6-10-7-14(3)13-8(10)2/h7,9,11-12H,4-6H2,1-3H3. The third-order valence-corrected chi connectivity index (χ3v) is 3.12. The van der Waals surface area contributed by atoms with Crippen molar-refractivity contribution >= 4 is 0 Å². The first-order valence-electron chi connectivity index (χ1n) is 5.43. The van der Waals surface area contributed by atoms with Crippen LogP contribution in [0, 0.1) is 12.8 Å². The molecule has 1 N–H and O–H groups in total. The van der Waals surface area contributed by atoms with Gasteiger partial charge in [-0.15, -0.1) is 0 Å². The molecule has 0 aromatic carbocycles. The summed E-state index contributed by atoms with van der Waals surface area (Å²) in [7, 11) is 1.97. The molecule has 14 heavy (non-hydrogen) atoms. The third kappa shape index (κ3) is 1.98. The Morgan fingerprint density at radius 2 is 2.43 bits per heavy atom. The van der Waals surface area contributed by atoms with Gasteiger partial charge >= 0.3 is 0 Å². The zero-order chi connectivity index (χ0) is 10.1. The van der Waals surface area contributed by atoms with Crippen molar-refractivity contribution in [1.29, 1.82) is 0 Å². The largest absolute Gasteiger partial charge is 0.310 e. The molecule has 1 fully saturated rings. The second-order valence-electron chi connectivity index (χ2n) is 4.30. The second-order valence-corrected chi connectivity index (χ2v) is 4.30. The molecule has 2 atom stereocenters. The number of hydrogen-bond acceptors (Lipinski definition) is 2. The average Bonchev–Trinajstić information content (AvgIpc) is 2.83. The molecular formula is C11H19N3. The lowest BCUT2D eigenvalue weighted by atomic mass is 10.2.